The van der Waals surface area contributed by atoms with Gasteiger partial charge in [0, 0.05) is 6.42 Å². The summed E-state index contributed by atoms with van der Waals surface area (Å²) in [5.41, 5.74) is 0.282. The molecule has 2 aromatic carbocycles. The van der Waals surface area contributed by atoms with E-state index in [4.69, 9.17) is 9.84 Å². The number of aromatic carboxylic acids is 1. The molecule has 0 bridgehead atoms. The van der Waals surface area contributed by atoms with Crippen LogP contribution < -0.4 is 4.74 Å². The summed E-state index contributed by atoms with van der Waals surface area (Å²) in [5.74, 6) is -1.56. The van der Waals surface area contributed by atoms with Gasteiger partial charge < -0.3 is 25.2 Å². The molecule has 0 saturated heterocycles. The second kappa shape index (κ2) is 8.86. The van der Waals surface area contributed by atoms with Gasteiger partial charge in [0.15, 0.2) is 0 Å². The van der Waals surface area contributed by atoms with Gasteiger partial charge in [0.25, 0.3) is 0 Å². The molecule has 2 unspecified atom stereocenters. The van der Waals surface area contributed by atoms with Crippen LogP contribution in [0.2, 0.25) is 0 Å². The van der Waals surface area contributed by atoms with Gasteiger partial charge in [-0.05, 0) is 49.2 Å². The normalized spacial score (nSPS) is 13.6. The predicted octanol–water partition coefficient (Wildman–Crippen LogP) is 2.61. The van der Waals surface area contributed by atoms with Crippen LogP contribution in [0.4, 0.5) is 0 Å². The Morgan fingerprint density at radius 2 is 1.54 bits per heavy atom. The third kappa shape index (κ3) is 5.31. The first-order valence-electron chi connectivity index (χ1n) is 8.77. The van der Waals surface area contributed by atoms with E-state index in [0.29, 0.717) is 16.9 Å². The van der Waals surface area contributed by atoms with E-state index < -0.39 is 29.6 Å². The van der Waals surface area contributed by atoms with E-state index in [1.165, 1.54) is 24.3 Å². The fraction of sp³-hybridized carbons (Fsp3) is 0.333. The molecule has 28 heavy (non-hydrogen) atoms. The van der Waals surface area contributed by atoms with Crippen LogP contribution in [0.1, 0.15) is 47.9 Å². The fourth-order valence-corrected chi connectivity index (χ4v) is 2.59. The zero-order valence-electron chi connectivity index (χ0n) is 15.7. The second-order valence-corrected chi connectivity index (χ2v) is 7.10. The molecule has 150 valence electrons. The number of carbonyl (C=O) groups is 2. The van der Waals surface area contributed by atoms with Crippen molar-refractivity contribution in [3.63, 3.8) is 0 Å². The van der Waals surface area contributed by atoms with Crippen LogP contribution >= 0.6 is 0 Å². The molecule has 2 atom stereocenters. The summed E-state index contributed by atoms with van der Waals surface area (Å²) < 4.78 is 5.41. The molecule has 0 aliphatic heterocycles. The maximum absolute atomic E-state index is 11.3. The SMILES string of the molecule is CC(C)(C(=O)O)c1ccc(C(O)CC(O)COc2ccc(C(=O)O)cc2)cc1. The number of rotatable bonds is 9. The number of hydrogen-bond donors (Lipinski definition) is 4. The Labute approximate surface area is 162 Å². The van der Waals surface area contributed by atoms with Gasteiger partial charge in [-0.3, -0.25) is 4.79 Å². The number of aliphatic hydroxyl groups excluding tert-OH is 2. The molecule has 2 aromatic rings. The molecule has 0 aliphatic carbocycles. The molecular weight excluding hydrogens is 364 g/mol. The average molecular weight is 388 g/mol. The molecule has 0 radical (unpaired) electrons. The lowest BCUT2D eigenvalue weighted by atomic mass is 9.84. The monoisotopic (exact) mass is 388 g/mol. The van der Waals surface area contributed by atoms with Crippen molar-refractivity contribution in [2.45, 2.75) is 37.9 Å². The minimum absolute atomic E-state index is 0.0366. The van der Waals surface area contributed by atoms with E-state index in [0.717, 1.165) is 0 Å². The predicted molar refractivity (Wildman–Crippen MR) is 102 cm³/mol. The number of aliphatic carboxylic acids is 1. The highest BCUT2D eigenvalue weighted by atomic mass is 16.5. The van der Waals surface area contributed by atoms with Crippen molar-refractivity contribution in [3.05, 3.63) is 65.2 Å². The van der Waals surface area contributed by atoms with Crippen LogP contribution in [0, 0.1) is 0 Å². The van der Waals surface area contributed by atoms with Crippen molar-refractivity contribution in [1.82, 2.24) is 0 Å². The molecule has 0 spiro atoms. The minimum atomic E-state index is -1.03. The summed E-state index contributed by atoms with van der Waals surface area (Å²) in [5, 5.41) is 38.5. The summed E-state index contributed by atoms with van der Waals surface area (Å²) >= 11 is 0. The van der Waals surface area contributed by atoms with Crippen molar-refractivity contribution in [1.29, 1.82) is 0 Å². The number of aliphatic hydroxyl groups is 2. The molecular formula is C21H24O7. The van der Waals surface area contributed by atoms with E-state index >= 15 is 0 Å². The van der Waals surface area contributed by atoms with Crippen LogP contribution in [0.15, 0.2) is 48.5 Å². The highest BCUT2D eigenvalue weighted by Crippen LogP contribution is 2.26. The number of carboxylic acids is 2. The van der Waals surface area contributed by atoms with Crippen molar-refractivity contribution in [2.75, 3.05) is 6.61 Å². The Kier molecular flexibility index (Phi) is 6.77. The first-order valence-corrected chi connectivity index (χ1v) is 8.77. The summed E-state index contributed by atoms with van der Waals surface area (Å²) in [6.45, 7) is 3.14. The van der Waals surface area contributed by atoms with Gasteiger partial charge in [0.05, 0.1) is 23.2 Å². The zero-order valence-corrected chi connectivity index (χ0v) is 15.7. The van der Waals surface area contributed by atoms with Gasteiger partial charge in [-0.1, -0.05) is 24.3 Å². The Morgan fingerprint density at radius 3 is 2.04 bits per heavy atom. The van der Waals surface area contributed by atoms with Gasteiger partial charge in [0.2, 0.25) is 0 Å². The van der Waals surface area contributed by atoms with E-state index in [2.05, 4.69) is 0 Å². The largest absolute Gasteiger partial charge is 0.491 e. The van der Waals surface area contributed by atoms with E-state index in [1.807, 2.05) is 0 Å². The van der Waals surface area contributed by atoms with E-state index in [1.54, 1.807) is 38.1 Å². The lowest BCUT2D eigenvalue weighted by Gasteiger charge is -2.21. The standard InChI is InChI=1S/C21H24O7/c1-21(2,20(26)27)15-7-3-13(4-8-15)18(23)11-16(22)12-28-17-9-5-14(6-10-17)19(24)25/h3-10,16,18,22-23H,11-12H2,1-2H3,(H,24,25)(H,26,27). The summed E-state index contributed by atoms with van der Waals surface area (Å²) in [6, 6.07) is 12.4. The maximum Gasteiger partial charge on any atom is 0.335 e. The van der Waals surface area contributed by atoms with Gasteiger partial charge in [-0.2, -0.15) is 0 Å². The number of benzene rings is 2. The number of ether oxygens (including phenoxy) is 1. The molecule has 7 heteroatoms. The highest BCUT2D eigenvalue weighted by molar-refractivity contribution is 5.87. The van der Waals surface area contributed by atoms with Crippen LogP contribution in [-0.4, -0.2) is 45.1 Å². The number of carboxylic acid groups (broad SMARTS) is 2. The Hall–Kier alpha value is -2.90. The van der Waals surface area contributed by atoms with Crippen LogP contribution in [0.25, 0.3) is 0 Å². The third-order valence-corrected chi connectivity index (χ3v) is 4.59. The van der Waals surface area contributed by atoms with Crippen LogP contribution in [-0.2, 0) is 10.2 Å². The highest BCUT2D eigenvalue weighted by Gasteiger charge is 2.29. The summed E-state index contributed by atoms with van der Waals surface area (Å²) in [4.78, 5) is 22.1. The van der Waals surface area contributed by atoms with Crippen molar-refractivity contribution < 1.29 is 34.8 Å². The quantitative estimate of drug-likeness (QED) is 0.520. The first kappa shape index (κ1) is 21.4. The second-order valence-electron chi connectivity index (χ2n) is 7.10. The van der Waals surface area contributed by atoms with Gasteiger partial charge in [-0.15, -0.1) is 0 Å². The Balaban J connectivity index is 1.90. The van der Waals surface area contributed by atoms with Crippen LogP contribution in [0.3, 0.4) is 0 Å². The van der Waals surface area contributed by atoms with Gasteiger partial charge in [-0.25, -0.2) is 4.79 Å². The molecule has 0 aromatic heterocycles. The third-order valence-electron chi connectivity index (χ3n) is 4.59. The lowest BCUT2D eigenvalue weighted by molar-refractivity contribution is -0.142. The van der Waals surface area contributed by atoms with Gasteiger partial charge in [0.1, 0.15) is 12.4 Å². The Morgan fingerprint density at radius 1 is 0.964 bits per heavy atom. The van der Waals surface area contributed by atoms with E-state index in [9.17, 15) is 24.9 Å². The molecule has 0 saturated carbocycles. The first-order chi connectivity index (χ1) is 13.1. The molecule has 0 amide bonds. The smallest absolute Gasteiger partial charge is 0.335 e. The van der Waals surface area contributed by atoms with Crippen LogP contribution in [0.5, 0.6) is 5.75 Å². The molecule has 7 nitrogen and oxygen atoms in total. The Bertz CT molecular complexity index is 810. The van der Waals surface area contributed by atoms with Crippen molar-refractivity contribution >= 4 is 11.9 Å². The summed E-state index contributed by atoms with van der Waals surface area (Å²) in [7, 11) is 0. The molecule has 4 N–H and O–H groups in total. The summed E-state index contributed by atoms with van der Waals surface area (Å²) in [6.07, 6.45) is -1.84. The maximum atomic E-state index is 11.3. The molecule has 0 aliphatic rings. The fourth-order valence-electron chi connectivity index (χ4n) is 2.59. The van der Waals surface area contributed by atoms with Gasteiger partial charge >= 0.3 is 11.9 Å². The van der Waals surface area contributed by atoms with Crippen molar-refractivity contribution in [3.8, 4) is 5.75 Å². The molecule has 2 rings (SSSR count). The minimum Gasteiger partial charge on any atom is -0.491 e. The molecule has 0 heterocycles. The average Bonchev–Trinajstić information content (AvgIpc) is 2.66. The molecule has 0 fully saturated rings. The lowest BCUT2D eigenvalue weighted by Crippen LogP contribution is -2.28. The topological polar surface area (TPSA) is 124 Å². The van der Waals surface area contributed by atoms with E-state index in [-0.39, 0.29) is 18.6 Å². The number of hydrogen-bond acceptors (Lipinski definition) is 5. The van der Waals surface area contributed by atoms with Crippen molar-refractivity contribution in [2.24, 2.45) is 0 Å². The zero-order chi connectivity index (χ0) is 20.9.